The molecule has 2 rings (SSSR count). The SMILES string of the molecule is Cc1ccc([C@]2(C)CCCC(C)(C)O2)cc1. The summed E-state index contributed by atoms with van der Waals surface area (Å²) in [5, 5.41) is 0. The molecule has 1 aromatic rings. The fraction of sp³-hybridized carbons (Fsp3) is 0.600. The van der Waals surface area contributed by atoms with E-state index in [1.807, 2.05) is 0 Å². The lowest BCUT2D eigenvalue weighted by Crippen LogP contribution is -2.41. The van der Waals surface area contributed by atoms with Gasteiger partial charge in [-0.1, -0.05) is 29.8 Å². The second kappa shape index (κ2) is 3.89. The van der Waals surface area contributed by atoms with Crippen LogP contribution in [0.25, 0.3) is 0 Å². The van der Waals surface area contributed by atoms with Gasteiger partial charge < -0.3 is 4.74 Å². The van der Waals surface area contributed by atoms with Gasteiger partial charge in [-0.25, -0.2) is 0 Å². The highest BCUT2D eigenvalue weighted by molar-refractivity contribution is 5.26. The molecule has 0 amide bonds. The van der Waals surface area contributed by atoms with Crippen LogP contribution in [0.5, 0.6) is 0 Å². The number of benzene rings is 1. The minimum absolute atomic E-state index is 0.0118. The average molecular weight is 218 g/mol. The molecule has 1 atom stereocenters. The molecule has 0 bridgehead atoms. The van der Waals surface area contributed by atoms with E-state index < -0.39 is 0 Å². The molecule has 1 aromatic carbocycles. The lowest BCUT2D eigenvalue weighted by Gasteiger charge is -2.43. The average Bonchev–Trinajstić information content (AvgIpc) is 2.16. The molecule has 1 aliphatic rings. The van der Waals surface area contributed by atoms with E-state index in [2.05, 4.69) is 52.0 Å². The van der Waals surface area contributed by atoms with Crippen LogP contribution >= 0.6 is 0 Å². The van der Waals surface area contributed by atoms with Crippen LogP contribution in [0.1, 0.15) is 51.2 Å². The maximum Gasteiger partial charge on any atom is 0.0910 e. The third-order valence-electron chi connectivity index (χ3n) is 3.60. The predicted octanol–water partition coefficient (Wildman–Crippen LogP) is 4.19. The number of rotatable bonds is 1. The zero-order valence-electron chi connectivity index (χ0n) is 10.8. The Balaban J connectivity index is 2.27. The van der Waals surface area contributed by atoms with Crippen molar-refractivity contribution in [2.24, 2.45) is 0 Å². The summed E-state index contributed by atoms with van der Waals surface area (Å²) in [5.74, 6) is 0. The molecule has 1 heteroatoms. The Labute approximate surface area is 98.8 Å². The van der Waals surface area contributed by atoms with E-state index in [1.165, 1.54) is 17.5 Å². The largest absolute Gasteiger partial charge is 0.365 e. The van der Waals surface area contributed by atoms with Crippen molar-refractivity contribution in [1.82, 2.24) is 0 Å². The number of aryl methyl sites for hydroxylation is 1. The van der Waals surface area contributed by atoms with Gasteiger partial charge in [-0.3, -0.25) is 0 Å². The van der Waals surface area contributed by atoms with Crippen molar-refractivity contribution in [3.63, 3.8) is 0 Å². The summed E-state index contributed by atoms with van der Waals surface area (Å²) in [6.07, 6.45) is 3.53. The molecule has 1 nitrogen and oxygen atoms in total. The minimum atomic E-state index is -0.102. The van der Waals surface area contributed by atoms with Crippen LogP contribution < -0.4 is 0 Å². The molecule has 0 N–H and O–H groups in total. The van der Waals surface area contributed by atoms with Crippen molar-refractivity contribution in [2.75, 3.05) is 0 Å². The monoisotopic (exact) mass is 218 g/mol. The second-order valence-corrected chi connectivity index (χ2v) is 5.81. The highest BCUT2D eigenvalue weighted by atomic mass is 16.5. The smallest absolute Gasteiger partial charge is 0.0910 e. The fourth-order valence-electron chi connectivity index (χ4n) is 2.67. The summed E-state index contributed by atoms with van der Waals surface area (Å²) in [5.41, 5.74) is 2.53. The molecular weight excluding hydrogens is 196 g/mol. The maximum absolute atomic E-state index is 6.29. The summed E-state index contributed by atoms with van der Waals surface area (Å²) in [6.45, 7) is 8.73. The summed E-state index contributed by atoms with van der Waals surface area (Å²) >= 11 is 0. The van der Waals surface area contributed by atoms with Gasteiger partial charge in [0.2, 0.25) is 0 Å². The first kappa shape index (κ1) is 11.7. The van der Waals surface area contributed by atoms with Crippen LogP contribution in [0.4, 0.5) is 0 Å². The molecule has 1 saturated heterocycles. The Bertz CT molecular complexity index is 364. The molecule has 1 fully saturated rings. The minimum Gasteiger partial charge on any atom is -0.365 e. The molecular formula is C15H22O. The summed E-state index contributed by atoms with van der Waals surface area (Å²) in [4.78, 5) is 0. The fourth-order valence-corrected chi connectivity index (χ4v) is 2.67. The Hall–Kier alpha value is -0.820. The van der Waals surface area contributed by atoms with E-state index in [-0.39, 0.29) is 11.2 Å². The van der Waals surface area contributed by atoms with Gasteiger partial charge in [0.1, 0.15) is 0 Å². The van der Waals surface area contributed by atoms with Crippen molar-refractivity contribution < 1.29 is 4.74 Å². The Kier molecular flexibility index (Phi) is 2.83. The Morgan fingerprint density at radius 3 is 2.19 bits per heavy atom. The van der Waals surface area contributed by atoms with Crippen molar-refractivity contribution in [3.8, 4) is 0 Å². The molecule has 88 valence electrons. The molecule has 0 spiro atoms. The van der Waals surface area contributed by atoms with Crippen LogP contribution in [-0.4, -0.2) is 5.60 Å². The Morgan fingerprint density at radius 2 is 1.62 bits per heavy atom. The van der Waals surface area contributed by atoms with Crippen LogP contribution in [0, 0.1) is 6.92 Å². The first-order valence-electron chi connectivity index (χ1n) is 6.19. The van der Waals surface area contributed by atoms with E-state index in [0.717, 1.165) is 12.8 Å². The molecule has 1 aliphatic heterocycles. The lowest BCUT2D eigenvalue weighted by atomic mass is 9.83. The number of hydrogen-bond donors (Lipinski definition) is 0. The van der Waals surface area contributed by atoms with Crippen molar-refractivity contribution >= 4 is 0 Å². The quantitative estimate of drug-likeness (QED) is 0.686. The molecule has 0 saturated carbocycles. The van der Waals surface area contributed by atoms with Crippen LogP contribution in [0.2, 0.25) is 0 Å². The second-order valence-electron chi connectivity index (χ2n) is 5.81. The number of hydrogen-bond acceptors (Lipinski definition) is 1. The molecule has 0 aliphatic carbocycles. The highest BCUT2D eigenvalue weighted by Gasteiger charge is 2.38. The van der Waals surface area contributed by atoms with Gasteiger partial charge in [0.05, 0.1) is 11.2 Å². The van der Waals surface area contributed by atoms with Gasteiger partial charge in [0.25, 0.3) is 0 Å². The number of ether oxygens (including phenoxy) is 1. The zero-order chi connectivity index (χ0) is 11.8. The van der Waals surface area contributed by atoms with Crippen molar-refractivity contribution in [3.05, 3.63) is 35.4 Å². The van der Waals surface area contributed by atoms with Gasteiger partial charge in [-0.05, 0) is 52.5 Å². The standard InChI is InChI=1S/C15H22O/c1-12-6-8-13(9-7-12)15(4)11-5-10-14(2,3)16-15/h6-9H,5,10-11H2,1-4H3/t15-/m0/s1. The van der Waals surface area contributed by atoms with Gasteiger partial charge >= 0.3 is 0 Å². The summed E-state index contributed by atoms with van der Waals surface area (Å²) in [6, 6.07) is 8.75. The first-order chi connectivity index (χ1) is 7.41. The van der Waals surface area contributed by atoms with E-state index in [0.29, 0.717) is 0 Å². The van der Waals surface area contributed by atoms with Crippen molar-refractivity contribution in [1.29, 1.82) is 0 Å². The van der Waals surface area contributed by atoms with E-state index in [9.17, 15) is 0 Å². The van der Waals surface area contributed by atoms with E-state index in [1.54, 1.807) is 0 Å². The van der Waals surface area contributed by atoms with Gasteiger partial charge in [0, 0.05) is 0 Å². The highest BCUT2D eigenvalue weighted by Crippen LogP contribution is 2.41. The van der Waals surface area contributed by atoms with E-state index in [4.69, 9.17) is 4.74 Å². The first-order valence-corrected chi connectivity index (χ1v) is 6.19. The normalized spacial score (nSPS) is 29.0. The molecule has 0 aromatic heterocycles. The third-order valence-corrected chi connectivity index (χ3v) is 3.60. The van der Waals surface area contributed by atoms with Crippen LogP contribution in [0.3, 0.4) is 0 Å². The topological polar surface area (TPSA) is 9.23 Å². The third kappa shape index (κ3) is 2.30. The molecule has 16 heavy (non-hydrogen) atoms. The maximum atomic E-state index is 6.29. The lowest BCUT2D eigenvalue weighted by molar-refractivity contribution is -0.170. The molecule has 1 heterocycles. The predicted molar refractivity (Wildman–Crippen MR) is 67.5 cm³/mol. The van der Waals surface area contributed by atoms with Gasteiger partial charge in [-0.2, -0.15) is 0 Å². The summed E-state index contributed by atoms with van der Waals surface area (Å²) in [7, 11) is 0. The zero-order valence-corrected chi connectivity index (χ0v) is 10.8. The van der Waals surface area contributed by atoms with Crippen LogP contribution in [0.15, 0.2) is 24.3 Å². The van der Waals surface area contributed by atoms with E-state index >= 15 is 0 Å². The van der Waals surface area contributed by atoms with Gasteiger partial charge in [0.15, 0.2) is 0 Å². The van der Waals surface area contributed by atoms with Gasteiger partial charge in [-0.15, -0.1) is 0 Å². The molecule has 0 radical (unpaired) electrons. The Morgan fingerprint density at radius 1 is 1.00 bits per heavy atom. The molecule has 0 unspecified atom stereocenters. The van der Waals surface area contributed by atoms with Crippen LogP contribution in [-0.2, 0) is 10.3 Å². The summed E-state index contributed by atoms with van der Waals surface area (Å²) < 4.78 is 6.29. The van der Waals surface area contributed by atoms with Crippen molar-refractivity contribution in [2.45, 2.75) is 58.2 Å².